The molecule has 1 amide bonds. The predicted molar refractivity (Wildman–Crippen MR) is 53.9 cm³/mol. The molecule has 0 aromatic heterocycles. The van der Waals surface area contributed by atoms with Crippen molar-refractivity contribution < 1.29 is 18.0 Å². The second-order valence-corrected chi connectivity index (χ2v) is 4.03. The lowest BCUT2D eigenvalue weighted by molar-refractivity contribution is -0.186. The molecule has 0 spiro atoms. The molecule has 1 saturated heterocycles. The Morgan fingerprint density at radius 2 is 1.94 bits per heavy atom. The first-order chi connectivity index (χ1) is 7.45. The van der Waals surface area contributed by atoms with Crippen LogP contribution in [0.3, 0.4) is 0 Å². The molecule has 1 N–H and O–H groups in total. The molecule has 0 unspecified atom stereocenters. The zero-order chi connectivity index (χ0) is 12.2. The van der Waals surface area contributed by atoms with Gasteiger partial charge in [0.1, 0.15) is 0 Å². The summed E-state index contributed by atoms with van der Waals surface area (Å²) in [4.78, 5) is 12.0. The van der Waals surface area contributed by atoms with Gasteiger partial charge in [-0.05, 0) is 38.8 Å². The van der Waals surface area contributed by atoms with Gasteiger partial charge in [-0.1, -0.05) is 0 Å². The van der Waals surface area contributed by atoms with Crippen LogP contribution in [0, 0.1) is 5.92 Å². The molecular weight excluding hydrogens is 221 g/mol. The van der Waals surface area contributed by atoms with Crippen LogP contribution in [0.2, 0.25) is 0 Å². The molecule has 6 heteroatoms. The van der Waals surface area contributed by atoms with E-state index < -0.39 is 12.1 Å². The van der Waals surface area contributed by atoms with Crippen LogP contribution in [0.25, 0.3) is 0 Å². The summed E-state index contributed by atoms with van der Waals surface area (Å²) in [5.41, 5.74) is 0. The summed E-state index contributed by atoms with van der Waals surface area (Å²) in [5, 5.41) is 3.14. The molecule has 0 bridgehead atoms. The fourth-order valence-electron chi connectivity index (χ4n) is 1.91. The van der Waals surface area contributed by atoms with Crippen molar-refractivity contribution >= 4 is 5.91 Å². The number of amides is 1. The van der Waals surface area contributed by atoms with Gasteiger partial charge in [0.15, 0.2) is 0 Å². The Labute approximate surface area is 93.0 Å². The van der Waals surface area contributed by atoms with E-state index in [4.69, 9.17) is 0 Å². The smallest absolute Gasteiger partial charge is 0.335 e. The molecule has 0 saturated carbocycles. The molecule has 1 rings (SSSR count). The van der Waals surface area contributed by atoms with Gasteiger partial charge in [0.2, 0.25) is 0 Å². The summed E-state index contributed by atoms with van der Waals surface area (Å²) in [6.45, 7) is 3.55. The molecular formula is C10H17F3N2O. The largest absolute Gasteiger partial charge is 0.471 e. The quantitative estimate of drug-likeness (QED) is 0.806. The molecule has 1 heterocycles. The van der Waals surface area contributed by atoms with Crippen LogP contribution in [-0.4, -0.2) is 43.2 Å². The second-order valence-electron chi connectivity index (χ2n) is 4.03. The minimum Gasteiger partial charge on any atom is -0.335 e. The lowest BCUT2D eigenvalue weighted by Gasteiger charge is -2.29. The van der Waals surface area contributed by atoms with Gasteiger partial charge >= 0.3 is 12.1 Å². The van der Waals surface area contributed by atoms with Crippen molar-refractivity contribution in [1.82, 2.24) is 10.2 Å². The van der Waals surface area contributed by atoms with Gasteiger partial charge < -0.3 is 10.2 Å². The second kappa shape index (κ2) is 5.52. The Kier molecular flexibility index (Phi) is 4.58. The Morgan fingerprint density at radius 3 is 2.38 bits per heavy atom. The molecule has 3 nitrogen and oxygen atoms in total. The maximum atomic E-state index is 12.2. The van der Waals surface area contributed by atoms with Gasteiger partial charge in [-0.15, -0.1) is 0 Å². The van der Waals surface area contributed by atoms with Crippen molar-refractivity contribution in [2.75, 3.05) is 26.2 Å². The first kappa shape index (κ1) is 13.3. The zero-order valence-corrected chi connectivity index (χ0v) is 9.31. The van der Waals surface area contributed by atoms with Crippen molar-refractivity contribution in [3.63, 3.8) is 0 Å². The monoisotopic (exact) mass is 238 g/mol. The van der Waals surface area contributed by atoms with Crippen molar-refractivity contribution in [3.05, 3.63) is 0 Å². The summed E-state index contributed by atoms with van der Waals surface area (Å²) in [7, 11) is 0. The molecule has 16 heavy (non-hydrogen) atoms. The minimum atomic E-state index is -4.75. The average Bonchev–Trinajstić information content (AvgIpc) is 2.25. The number of alkyl halides is 3. The SMILES string of the molecule is CCN(CC1CCNCC1)C(=O)C(F)(F)F. The molecule has 1 aliphatic rings. The fourth-order valence-corrected chi connectivity index (χ4v) is 1.91. The standard InChI is InChI=1S/C10H17F3N2O/c1-2-15(9(16)10(11,12)13)7-8-3-5-14-6-4-8/h8,14H,2-7H2,1H3. The summed E-state index contributed by atoms with van der Waals surface area (Å²) >= 11 is 0. The van der Waals surface area contributed by atoms with E-state index >= 15 is 0 Å². The van der Waals surface area contributed by atoms with Crippen molar-refractivity contribution in [2.24, 2.45) is 5.92 Å². The van der Waals surface area contributed by atoms with Crippen LogP contribution < -0.4 is 5.32 Å². The first-order valence-electron chi connectivity index (χ1n) is 5.52. The number of piperidine rings is 1. The van der Waals surface area contributed by atoms with Gasteiger partial charge in [-0.3, -0.25) is 4.79 Å². The van der Waals surface area contributed by atoms with Crippen LogP contribution in [0.4, 0.5) is 13.2 Å². The third-order valence-corrected chi connectivity index (χ3v) is 2.85. The highest BCUT2D eigenvalue weighted by Crippen LogP contribution is 2.21. The van der Waals surface area contributed by atoms with Crippen LogP contribution in [0.1, 0.15) is 19.8 Å². The minimum absolute atomic E-state index is 0.113. The van der Waals surface area contributed by atoms with Crippen LogP contribution in [0.5, 0.6) is 0 Å². The van der Waals surface area contributed by atoms with E-state index in [9.17, 15) is 18.0 Å². The van der Waals surface area contributed by atoms with E-state index in [-0.39, 0.29) is 19.0 Å². The lowest BCUT2D eigenvalue weighted by Crippen LogP contribution is -2.45. The van der Waals surface area contributed by atoms with E-state index in [1.165, 1.54) is 0 Å². The Morgan fingerprint density at radius 1 is 1.38 bits per heavy atom. The number of carbonyl (C=O) groups excluding carboxylic acids is 1. The highest BCUT2D eigenvalue weighted by Gasteiger charge is 2.42. The molecule has 0 aliphatic carbocycles. The summed E-state index contributed by atoms with van der Waals surface area (Å²) in [5.74, 6) is -1.53. The normalized spacial score (nSPS) is 18.5. The summed E-state index contributed by atoms with van der Waals surface area (Å²) < 4.78 is 36.7. The van der Waals surface area contributed by atoms with Gasteiger partial charge in [-0.2, -0.15) is 13.2 Å². The fraction of sp³-hybridized carbons (Fsp3) is 0.900. The number of carbonyl (C=O) groups is 1. The Hall–Kier alpha value is -0.780. The highest BCUT2D eigenvalue weighted by atomic mass is 19.4. The maximum absolute atomic E-state index is 12.2. The van der Waals surface area contributed by atoms with Crippen molar-refractivity contribution in [2.45, 2.75) is 25.9 Å². The van der Waals surface area contributed by atoms with E-state index in [1.54, 1.807) is 6.92 Å². The average molecular weight is 238 g/mol. The van der Waals surface area contributed by atoms with E-state index in [1.807, 2.05) is 0 Å². The highest BCUT2D eigenvalue weighted by molar-refractivity contribution is 5.81. The molecule has 94 valence electrons. The maximum Gasteiger partial charge on any atom is 0.471 e. The Bertz CT molecular complexity index is 237. The summed E-state index contributed by atoms with van der Waals surface area (Å²) in [6, 6.07) is 0. The van der Waals surface area contributed by atoms with Crippen molar-refractivity contribution in [3.8, 4) is 0 Å². The van der Waals surface area contributed by atoms with Gasteiger partial charge in [0, 0.05) is 13.1 Å². The van der Waals surface area contributed by atoms with Gasteiger partial charge in [-0.25, -0.2) is 0 Å². The molecule has 0 aromatic rings. The number of nitrogens with zero attached hydrogens (tertiary/aromatic N) is 1. The van der Waals surface area contributed by atoms with Crippen molar-refractivity contribution in [1.29, 1.82) is 0 Å². The van der Waals surface area contributed by atoms with Crippen LogP contribution in [-0.2, 0) is 4.79 Å². The molecule has 0 atom stereocenters. The van der Waals surface area contributed by atoms with E-state index in [2.05, 4.69) is 5.32 Å². The van der Waals surface area contributed by atoms with Crippen LogP contribution >= 0.6 is 0 Å². The van der Waals surface area contributed by atoms with Gasteiger partial charge in [0.05, 0.1) is 0 Å². The molecule has 1 aliphatic heterocycles. The summed E-state index contributed by atoms with van der Waals surface area (Å²) in [6.07, 6.45) is -3.08. The predicted octanol–water partition coefficient (Wildman–Crippen LogP) is 1.40. The van der Waals surface area contributed by atoms with E-state index in [0.717, 1.165) is 30.8 Å². The lowest BCUT2D eigenvalue weighted by atomic mass is 9.97. The molecule has 1 fully saturated rings. The number of rotatable bonds is 3. The first-order valence-corrected chi connectivity index (χ1v) is 5.52. The molecule has 0 aromatic carbocycles. The third-order valence-electron chi connectivity index (χ3n) is 2.85. The number of halogens is 3. The topological polar surface area (TPSA) is 32.3 Å². The van der Waals surface area contributed by atoms with Crippen LogP contribution in [0.15, 0.2) is 0 Å². The number of hydrogen-bond donors (Lipinski definition) is 1. The Balaban J connectivity index is 2.50. The molecule has 0 radical (unpaired) electrons. The third kappa shape index (κ3) is 3.66. The number of nitrogens with one attached hydrogen (secondary N) is 1. The van der Waals surface area contributed by atoms with Gasteiger partial charge in [0.25, 0.3) is 0 Å². The zero-order valence-electron chi connectivity index (χ0n) is 9.31. The number of hydrogen-bond acceptors (Lipinski definition) is 2. The van der Waals surface area contributed by atoms with E-state index in [0.29, 0.717) is 0 Å².